The second-order valence-corrected chi connectivity index (χ2v) is 8.88. The standard InChI is InChI=1S/C21H25NO5S/c1-15(2)26-11-12-27-21(23)18-8-6-9-19(14-18)28(24,25)22-16(3)13-17-7-4-5-10-20(17)22/h4-10,14-16H,11-13H2,1-3H3. The minimum atomic E-state index is -3.79. The van der Waals surface area contributed by atoms with Crippen LogP contribution >= 0.6 is 0 Å². The van der Waals surface area contributed by atoms with Crippen LogP contribution in [-0.2, 0) is 25.9 Å². The summed E-state index contributed by atoms with van der Waals surface area (Å²) in [7, 11) is -3.79. The van der Waals surface area contributed by atoms with E-state index in [-0.39, 0.29) is 29.2 Å². The molecule has 0 aromatic heterocycles. The molecule has 1 heterocycles. The molecule has 6 nitrogen and oxygen atoms in total. The molecule has 0 spiro atoms. The second-order valence-electron chi connectivity index (χ2n) is 7.07. The quantitative estimate of drug-likeness (QED) is 0.523. The summed E-state index contributed by atoms with van der Waals surface area (Å²) in [5, 5.41) is 0. The van der Waals surface area contributed by atoms with Crippen molar-refractivity contribution in [2.75, 3.05) is 17.5 Å². The Hall–Kier alpha value is -2.38. The molecule has 1 unspecified atom stereocenters. The van der Waals surface area contributed by atoms with Gasteiger partial charge in [0.15, 0.2) is 0 Å². The molecule has 0 radical (unpaired) electrons. The molecule has 0 saturated heterocycles. The average molecular weight is 404 g/mol. The van der Waals surface area contributed by atoms with Gasteiger partial charge >= 0.3 is 5.97 Å². The molecular formula is C21H25NO5S. The number of carbonyl (C=O) groups excluding carboxylic acids is 1. The Kier molecular flexibility index (Phi) is 6.05. The highest BCUT2D eigenvalue weighted by Gasteiger charge is 2.36. The van der Waals surface area contributed by atoms with Crippen molar-refractivity contribution in [3.05, 3.63) is 59.7 Å². The Morgan fingerprint density at radius 1 is 1.14 bits per heavy atom. The average Bonchev–Trinajstić information content (AvgIpc) is 3.01. The monoisotopic (exact) mass is 403 g/mol. The first-order chi connectivity index (χ1) is 13.3. The Morgan fingerprint density at radius 3 is 2.64 bits per heavy atom. The highest BCUT2D eigenvalue weighted by Crippen LogP contribution is 2.36. The lowest BCUT2D eigenvalue weighted by molar-refractivity contribution is 0.0177. The van der Waals surface area contributed by atoms with E-state index in [4.69, 9.17) is 9.47 Å². The first-order valence-corrected chi connectivity index (χ1v) is 10.8. The van der Waals surface area contributed by atoms with E-state index in [0.29, 0.717) is 18.7 Å². The Balaban J connectivity index is 1.80. The smallest absolute Gasteiger partial charge is 0.338 e. The van der Waals surface area contributed by atoms with Gasteiger partial charge in [-0.05, 0) is 57.0 Å². The van der Waals surface area contributed by atoms with Crippen LogP contribution in [0.4, 0.5) is 5.69 Å². The fourth-order valence-corrected chi connectivity index (χ4v) is 5.04. The molecule has 0 bridgehead atoms. The van der Waals surface area contributed by atoms with Gasteiger partial charge in [0.2, 0.25) is 0 Å². The van der Waals surface area contributed by atoms with Gasteiger partial charge in [0.1, 0.15) is 6.61 Å². The lowest BCUT2D eigenvalue weighted by Crippen LogP contribution is -2.35. The maximum Gasteiger partial charge on any atom is 0.338 e. The number of ether oxygens (including phenoxy) is 2. The number of fused-ring (bicyclic) bond motifs is 1. The highest BCUT2D eigenvalue weighted by atomic mass is 32.2. The van der Waals surface area contributed by atoms with Crippen LogP contribution in [0.5, 0.6) is 0 Å². The summed E-state index contributed by atoms with van der Waals surface area (Å²) in [5.41, 5.74) is 1.89. The van der Waals surface area contributed by atoms with Gasteiger partial charge in [-0.25, -0.2) is 13.2 Å². The van der Waals surface area contributed by atoms with Crippen molar-refractivity contribution < 1.29 is 22.7 Å². The molecule has 0 aliphatic carbocycles. The number of hydrogen-bond acceptors (Lipinski definition) is 5. The highest BCUT2D eigenvalue weighted by molar-refractivity contribution is 7.92. The molecule has 0 fully saturated rings. The molecule has 3 rings (SSSR count). The van der Waals surface area contributed by atoms with E-state index < -0.39 is 16.0 Å². The molecule has 1 aliphatic rings. The van der Waals surface area contributed by atoms with Crippen molar-refractivity contribution in [1.82, 2.24) is 0 Å². The fourth-order valence-electron chi connectivity index (χ4n) is 3.30. The summed E-state index contributed by atoms with van der Waals surface area (Å²) in [6.45, 7) is 6.08. The lowest BCUT2D eigenvalue weighted by atomic mass is 10.1. The summed E-state index contributed by atoms with van der Waals surface area (Å²) in [5.74, 6) is -0.570. The van der Waals surface area contributed by atoms with Crippen LogP contribution in [-0.4, -0.2) is 39.7 Å². The summed E-state index contributed by atoms with van der Waals surface area (Å²) in [6, 6.07) is 13.3. The molecule has 7 heteroatoms. The summed E-state index contributed by atoms with van der Waals surface area (Å²) in [6.07, 6.45) is 0.713. The van der Waals surface area contributed by atoms with Gasteiger partial charge in [0.25, 0.3) is 10.0 Å². The fraction of sp³-hybridized carbons (Fsp3) is 0.381. The van der Waals surface area contributed by atoms with E-state index in [2.05, 4.69) is 0 Å². The van der Waals surface area contributed by atoms with Crippen LogP contribution in [0.25, 0.3) is 0 Å². The Labute approximate surface area is 166 Å². The third-order valence-corrected chi connectivity index (χ3v) is 6.46. The van der Waals surface area contributed by atoms with Crippen LogP contribution in [0.15, 0.2) is 53.4 Å². The first-order valence-electron chi connectivity index (χ1n) is 9.32. The topological polar surface area (TPSA) is 72.9 Å². The molecule has 2 aromatic carbocycles. The number of carbonyl (C=O) groups is 1. The van der Waals surface area contributed by atoms with Crippen molar-refractivity contribution in [1.29, 1.82) is 0 Å². The molecule has 28 heavy (non-hydrogen) atoms. The van der Waals surface area contributed by atoms with Gasteiger partial charge < -0.3 is 9.47 Å². The SMILES string of the molecule is CC(C)OCCOC(=O)c1cccc(S(=O)(=O)N2c3ccccc3CC2C)c1. The van der Waals surface area contributed by atoms with Gasteiger partial charge in [0, 0.05) is 6.04 Å². The number of anilines is 1. The zero-order chi connectivity index (χ0) is 20.3. The molecule has 0 saturated carbocycles. The zero-order valence-corrected chi connectivity index (χ0v) is 17.1. The molecule has 0 N–H and O–H groups in total. The van der Waals surface area contributed by atoms with Crippen LogP contribution in [0.3, 0.4) is 0 Å². The van der Waals surface area contributed by atoms with E-state index in [1.165, 1.54) is 16.4 Å². The van der Waals surface area contributed by atoms with Gasteiger partial charge in [-0.1, -0.05) is 24.3 Å². The lowest BCUT2D eigenvalue weighted by Gasteiger charge is -2.24. The van der Waals surface area contributed by atoms with E-state index in [0.717, 1.165) is 5.56 Å². The molecule has 150 valence electrons. The number of rotatable bonds is 7. The van der Waals surface area contributed by atoms with Crippen LogP contribution in [0.2, 0.25) is 0 Å². The van der Waals surface area contributed by atoms with E-state index >= 15 is 0 Å². The number of para-hydroxylation sites is 1. The third-order valence-electron chi connectivity index (χ3n) is 4.54. The minimum Gasteiger partial charge on any atom is -0.460 e. The van der Waals surface area contributed by atoms with Gasteiger partial charge in [-0.2, -0.15) is 0 Å². The predicted octanol–water partition coefficient (Wildman–Crippen LogP) is 3.41. The summed E-state index contributed by atoms with van der Waals surface area (Å²) >= 11 is 0. The number of hydrogen-bond donors (Lipinski definition) is 0. The zero-order valence-electron chi connectivity index (χ0n) is 16.3. The third kappa shape index (κ3) is 4.20. The number of esters is 1. The van der Waals surface area contributed by atoms with Crippen molar-refractivity contribution in [2.24, 2.45) is 0 Å². The van der Waals surface area contributed by atoms with E-state index in [9.17, 15) is 13.2 Å². The van der Waals surface area contributed by atoms with Crippen LogP contribution in [0, 0.1) is 0 Å². The largest absolute Gasteiger partial charge is 0.460 e. The van der Waals surface area contributed by atoms with Crippen LogP contribution < -0.4 is 4.31 Å². The Bertz CT molecular complexity index is 955. The van der Waals surface area contributed by atoms with Crippen molar-refractivity contribution in [3.8, 4) is 0 Å². The van der Waals surface area contributed by atoms with Crippen molar-refractivity contribution in [2.45, 2.75) is 44.2 Å². The molecule has 1 aliphatic heterocycles. The van der Waals surface area contributed by atoms with Crippen LogP contribution in [0.1, 0.15) is 36.7 Å². The van der Waals surface area contributed by atoms with Gasteiger partial charge in [-0.15, -0.1) is 0 Å². The minimum absolute atomic E-state index is 0.0532. The normalized spacial score (nSPS) is 16.3. The van der Waals surface area contributed by atoms with Gasteiger partial charge in [0.05, 0.1) is 28.9 Å². The van der Waals surface area contributed by atoms with E-state index in [1.54, 1.807) is 12.1 Å². The molecule has 0 amide bonds. The maximum atomic E-state index is 13.3. The molecule has 1 atom stereocenters. The number of sulfonamides is 1. The summed E-state index contributed by atoms with van der Waals surface area (Å²) < 4.78 is 38.5. The van der Waals surface area contributed by atoms with Crippen molar-refractivity contribution >= 4 is 21.7 Å². The summed E-state index contributed by atoms with van der Waals surface area (Å²) in [4.78, 5) is 12.3. The maximum absolute atomic E-state index is 13.3. The first kappa shape index (κ1) is 20.4. The van der Waals surface area contributed by atoms with Crippen molar-refractivity contribution in [3.63, 3.8) is 0 Å². The van der Waals surface area contributed by atoms with Gasteiger partial charge in [-0.3, -0.25) is 4.31 Å². The number of nitrogens with zero attached hydrogens (tertiary/aromatic N) is 1. The molecular weight excluding hydrogens is 378 g/mol. The predicted molar refractivity (Wildman–Crippen MR) is 107 cm³/mol. The molecule has 2 aromatic rings. The number of benzene rings is 2. The van der Waals surface area contributed by atoms with E-state index in [1.807, 2.05) is 45.0 Å². The Morgan fingerprint density at radius 2 is 1.89 bits per heavy atom. The second kappa shape index (κ2) is 8.32.